The van der Waals surface area contributed by atoms with E-state index in [0.29, 0.717) is 16.3 Å². The summed E-state index contributed by atoms with van der Waals surface area (Å²) < 4.78 is 38.1. The van der Waals surface area contributed by atoms with Crippen molar-refractivity contribution < 1.29 is 12.8 Å². The molecule has 2 aromatic carbocycles. The van der Waals surface area contributed by atoms with Crippen LogP contribution >= 0.6 is 11.6 Å². The molecular weight excluding hydrogens is 315 g/mol. The summed E-state index contributed by atoms with van der Waals surface area (Å²) in [5.41, 5.74) is 1.67. The van der Waals surface area contributed by atoms with Gasteiger partial charge >= 0.3 is 0 Å². The van der Waals surface area contributed by atoms with Gasteiger partial charge in [0.05, 0.1) is 6.26 Å². The first-order chi connectivity index (χ1) is 9.83. The summed E-state index contributed by atoms with van der Waals surface area (Å²) >= 11 is 5.82. The summed E-state index contributed by atoms with van der Waals surface area (Å²) in [6, 6.07) is 11.0. The predicted molar refractivity (Wildman–Crippen MR) is 83.6 cm³/mol. The van der Waals surface area contributed by atoms with E-state index in [2.05, 4.69) is 10.0 Å². The molecule has 0 aliphatic heterocycles. The zero-order valence-corrected chi connectivity index (χ0v) is 12.8. The van der Waals surface area contributed by atoms with Crippen molar-refractivity contribution in [3.8, 4) is 0 Å². The first-order valence-corrected chi connectivity index (χ1v) is 8.36. The molecule has 7 heteroatoms. The van der Waals surface area contributed by atoms with E-state index in [-0.39, 0.29) is 12.4 Å². The Labute approximate surface area is 128 Å². The maximum absolute atomic E-state index is 13.5. The topological polar surface area (TPSA) is 58.2 Å². The molecule has 0 fully saturated rings. The van der Waals surface area contributed by atoms with Gasteiger partial charge in [0.15, 0.2) is 0 Å². The fraction of sp³-hybridized carbons (Fsp3) is 0.143. The molecule has 0 saturated carbocycles. The minimum Gasteiger partial charge on any atom is -0.381 e. The molecule has 0 heterocycles. The first-order valence-electron chi connectivity index (χ1n) is 6.09. The number of hydrogen-bond donors (Lipinski definition) is 2. The second-order valence-electron chi connectivity index (χ2n) is 4.54. The quantitative estimate of drug-likeness (QED) is 0.883. The molecule has 2 aromatic rings. The van der Waals surface area contributed by atoms with Crippen LogP contribution in [-0.4, -0.2) is 14.7 Å². The summed E-state index contributed by atoms with van der Waals surface area (Å²) in [7, 11) is -3.29. The Morgan fingerprint density at radius 2 is 1.71 bits per heavy atom. The average Bonchev–Trinajstić information content (AvgIpc) is 2.40. The van der Waals surface area contributed by atoms with Gasteiger partial charge in [0.25, 0.3) is 0 Å². The van der Waals surface area contributed by atoms with Gasteiger partial charge in [-0.1, -0.05) is 11.6 Å². The van der Waals surface area contributed by atoms with E-state index in [1.165, 1.54) is 12.1 Å². The maximum atomic E-state index is 13.5. The van der Waals surface area contributed by atoms with Crippen LogP contribution in [0.4, 0.5) is 15.8 Å². The average molecular weight is 329 g/mol. The van der Waals surface area contributed by atoms with Crippen LogP contribution < -0.4 is 10.0 Å². The lowest BCUT2D eigenvalue weighted by molar-refractivity contribution is 0.606. The molecule has 0 unspecified atom stereocenters. The molecule has 4 nitrogen and oxygen atoms in total. The van der Waals surface area contributed by atoms with Crippen molar-refractivity contribution in [2.75, 3.05) is 16.3 Å². The monoisotopic (exact) mass is 328 g/mol. The van der Waals surface area contributed by atoms with Gasteiger partial charge in [0, 0.05) is 28.5 Å². The molecule has 0 aliphatic carbocycles. The second kappa shape index (κ2) is 6.32. The van der Waals surface area contributed by atoms with Crippen molar-refractivity contribution in [1.29, 1.82) is 0 Å². The molecule has 0 amide bonds. The second-order valence-corrected chi connectivity index (χ2v) is 6.73. The van der Waals surface area contributed by atoms with E-state index in [9.17, 15) is 12.8 Å². The lowest BCUT2D eigenvalue weighted by Crippen LogP contribution is -2.09. The van der Waals surface area contributed by atoms with Gasteiger partial charge in [-0.15, -0.1) is 0 Å². The van der Waals surface area contributed by atoms with E-state index in [1.807, 2.05) is 0 Å². The van der Waals surface area contributed by atoms with Gasteiger partial charge in [-0.2, -0.15) is 0 Å². The minimum atomic E-state index is -3.29. The number of hydrogen-bond acceptors (Lipinski definition) is 3. The third-order valence-electron chi connectivity index (χ3n) is 2.68. The highest BCUT2D eigenvalue weighted by Gasteiger charge is 2.04. The number of rotatable bonds is 5. The lowest BCUT2D eigenvalue weighted by atomic mass is 10.2. The Morgan fingerprint density at radius 1 is 1.10 bits per heavy atom. The molecule has 0 aromatic heterocycles. The van der Waals surface area contributed by atoms with Crippen LogP contribution in [0.2, 0.25) is 5.02 Å². The molecule has 0 saturated heterocycles. The summed E-state index contributed by atoms with van der Waals surface area (Å²) in [5, 5.41) is 3.52. The molecule has 2 N–H and O–H groups in total. The fourth-order valence-electron chi connectivity index (χ4n) is 1.75. The lowest BCUT2D eigenvalue weighted by Gasteiger charge is -2.09. The zero-order chi connectivity index (χ0) is 15.5. The standard InChI is InChI=1S/C14H14ClFN2O2S/c1-21(19,20)18-13-5-3-12(4-6-13)17-9-10-8-11(15)2-7-14(10)16/h2-8,17-18H,9H2,1H3. The van der Waals surface area contributed by atoms with Crippen molar-refractivity contribution in [2.24, 2.45) is 0 Å². The van der Waals surface area contributed by atoms with Gasteiger partial charge in [-0.05, 0) is 42.5 Å². The molecule has 112 valence electrons. The highest BCUT2D eigenvalue weighted by atomic mass is 35.5. The number of benzene rings is 2. The van der Waals surface area contributed by atoms with Crippen molar-refractivity contribution >= 4 is 33.0 Å². The SMILES string of the molecule is CS(=O)(=O)Nc1ccc(NCc2cc(Cl)ccc2F)cc1. The Balaban J connectivity index is 2.02. The molecule has 0 radical (unpaired) electrons. The molecule has 0 aliphatic rings. The van der Waals surface area contributed by atoms with Crippen LogP contribution in [-0.2, 0) is 16.6 Å². The van der Waals surface area contributed by atoms with E-state index in [0.717, 1.165) is 11.9 Å². The largest absolute Gasteiger partial charge is 0.381 e. The number of nitrogens with one attached hydrogen (secondary N) is 2. The number of halogens is 2. The normalized spacial score (nSPS) is 11.2. The molecule has 0 bridgehead atoms. The van der Waals surface area contributed by atoms with Gasteiger partial charge < -0.3 is 5.32 Å². The first kappa shape index (κ1) is 15.6. The summed E-state index contributed by atoms with van der Waals surface area (Å²) in [5.74, 6) is -0.331. The van der Waals surface area contributed by atoms with Gasteiger partial charge in [0.2, 0.25) is 10.0 Å². The Kier molecular flexibility index (Phi) is 4.69. The van der Waals surface area contributed by atoms with E-state index in [4.69, 9.17) is 11.6 Å². The van der Waals surface area contributed by atoms with E-state index < -0.39 is 10.0 Å². The minimum absolute atomic E-state index is 0.283. The fourth-order valence-corrected chi connectivity index (χ4v) is 2.51. The molecule has 2 rings (SSSR count). The molecule has 0 spiro atoms. The summed E-state index contributed by atoms with van der Waals surface area (Å²) in [6.07, 6.45) is 1.08. The van der Waals surface area contributed by atoms with Crippen LogP contribution in [0.5, 0.6) is 0 Å². The third-order valence-corrected chi connectivity index (χ3v) is 3.52. The maximum Gasteiger partial charge on any atom is 0.229 e. The van der Waals surface area contributed by atoms with Gasteiger partial charge in [0.1, 0.15) is 5.82 Å². The van der Waals surface area contributed by atoms with Crippen molar-refractivity contribution in [3.63, 3.8) is 0 Å². The molecular formula is C14H14ClFN2O2S. The summed E-state index contributed by atoms with van der Waals surface area (Å²) in [6.45, 7) is 0.283. The number of sulfonamides is 1. The summed E-state index contributed by atoms with van der Waals surface area (Å²) in [4.78, 5) is 0. The molecule has 21 heavy (non-hydrogen) atoms. The third kappa shape index (κ3) is 4.91. The Hall–Kier alpha value is -1.79. The Morgan fingerprint density at radius 3 is 2.33 bits per heavy atom. The van der Waals surface area contributed by atoms with Crippen molar-refractivity contribution in [2.45, 2.75) is 6.54 Å². The van der Waals surface area contributed by atoms with E-state index in [1.54, 1.807) is 30.3 Å². The Bertz CT molecular complexity index is 733. The van der Waals surface area contributed by atoms with Gasteiger partial charge in [-0.25, -0.2) is 12.8 Å². The highest BCUT2D eigenvalue weighted by molar-refractivity contribution is 7.92. The van der Waals surface area contributed by atoms with Crippen molar-refractivity contribution in [3.05, 3.63) is 58.9 Å². The zero-order valence-electron chi connectivity index (χ0n) is 11.2. The van der Waals surface area contributed by atoms with Gasteiger partial charge in [-0.3, -0.25) is 4.72 Å². The highest BCUT2D eigenvalue weighted by Crippen LogP contribution is 2.18. The van der Waals surface area contributed by atoms with Crippen LogP contribution in [0.25, 0.3) is 0 Å². The van der Waals surface area contributed by atoms with Crippen LogP contribution in [0.3, 0.4) is 0 Å². The number of anilines is 2. The molecule has 0 atom stereocenters. The van der Waals surface area contributed by atoms with Crippen LogP contribution in [0.1, 0.15) is 5.56 Å². The van der Waals surface area contributed by atoms with Crippen molar-refractivity contribution in [1.82, 2.24) is 0 Å². The van der Waals surface area contributed by atoms with E-state index >= 15 is 0 Å². The smallest absolute Gasteiger partial charge is 0.229 e. The van der Waals surface area contributed by atoms with Crippen LogP contribution in [0.15, 0.2) is 42.5 Å². The van der Waals surface area contributed by atoms with Crippen LogP contribution in [0, 0.1) is 5.82 Å². The predicted octanol–water partition coefficient (Wildman–Crippen LogP) is 3.46.